The number of piperidine rings is 6. The van der Waals surface area contributed by atoms with Crippen LogP contribution in [0.1, 0.15) is 121 Å². The minimum atomic E-state index is -0.376. The molecule has 6 aliphatic rings. The molecule has 0 saturated carbocycles. The zero-order valence-electron chi connectivity index (χ0n) is 79.4. The number of hydrogen-bond donors (Lipinski definition) is 9. The average molecular weight is 1960 g/mol. The van der Waals surface area contributed by atoms with E-state index in [1.807, 2.05) is 66.9 Å². The minimum absolute atomic E-state index is 0. The number of hydrogen-bond acceptors (Lipinski definition) is 22. The second kappa shape index (κ2) is 48.8. The molecule has 12 aromatic rings. The van der Waals surface area contributed by atoms with Gasteiger partial charge in [-0.2, -0.15) is 10.2 Å². The number of ether oxygens (including phenoxy) is 4. The van der Waals surface area contributed by atoms with Crippen molar-refractivity contribution in [2.75, 3.05) is 104 Å². The Kier molecular flexibility index (Phi) is 36.4. The molecular weight excluding hydrogens is 1840 g/mol. The number of nitrogen functional groups attached to an aromatic ring is 1. The maximum Gasteiger partial charge on any atom is 0.276 e. The van der Waals surface area contributed by atoms with Crippen molar-refractivity contribution in [3.05, 3.63) is 262 Å². The first-order valence-electron chi connectivity index (χ1n) is 46.5. The van der Waals surface area contributed by atoms with Crippen molar-refractivity contribution in [2.24, 2.45) is 31.8 Å². The fourth-order valence-corrected chi connectivity index (χ4v) is 18.4. The van der Waals surface area contributed by atoms with Crippen LogP contribution in [-0.2, 0) is 95.4 Å². The van der Waals surface area contributed by atoms with Crippen molar-refractivity contribution in [1.29, 1.82) is 0 Å². The van der Waals surface area contributed by atoms with Crippen LogP contribution in [0.3, 0.4) is 0 Å². The van der Waals surface area contributed by atoms with E-state index in [0.717, 1.165) is 167 Å². The van der Waals surface area contributed by atoms with E-state index in [4.69, 9.17) is 32.5 Å². The van der Waals surface area contributed by atoms with Gasteiger partial charge in [-0.1, -0.05) is 72.2 Å². The van der Waals surface area contributed by atoms with Crippen molar-refractivity contribution < 1.29 is 72.9 Å². The van der Waals surface area contributed by atoms with Gasteiger partial charge < -0.3 is 71.9 Å². The van der Waals surface area contributed by atoms with E-state index in [-0.39, 0.29) is 92.5 Å². The van der Waals surface area contributed by atoms with Gasteiger partial charge in [0.1, 0.15) is 52.2 Å². The number of methoxy groups -OCH3 is 4. The smallest absolute Gasteiger partial charge is 0.276 e. The number of aromatic amines is 2. The van der Waals surface area contributed by atoms with E-state index in [2.05, 4.69) is 171 Å². The minimum Gasteiger partial charge on any atom is -0.496 e. The Balaban J connectivity index is 0.000000170. The number of fused-ring (bicyclic) bond motifs is 2. The Bertz CT molecular complexity index is 6060. The molecule has 8 aromatic carbocycles. The van der Waals surface area contributed by atoms with Gasteiger partial charge >= 0.3 is 0 Å². The van der Waals surface area contributed by atoms with Gasteiger partial charge in [0, 0.05) is 173 Å². The first-order valence-corrected chi connectivity index (χ1v) is 47.9. The van der Waals surface area contributed by atoms with Crippen molar-refractivity contribution in [1.82, 2.24) is 45.5 Å². The number of nitrogens with one attached hydrogen (secondary N) is 8. The SMILES string of the molecule is COc1cc(-c2cn(C)c(=O)c3[nH]ncc23)cc(OC)c1C=O.COc1cc(-c2cn(C)c(=O)c3[nH]ncc23)cc(OC)c1CCc1ccc(CC2CCN(c3ccc(NC4CCC(=O)NC4=O)cc3)CC2)cc1.Cc1ccc(CC2CCN(c3ccc(NC4CCC(=O)NC4=O)cc3)CC2)cc1.Nc1ccc(CC2CCN(c3ccc(NC4CCC(=O)NC4=O)cc3)CC2)cc1.[B]C[SiH3].[CH3-].[Pd]. The number of pyridine rings is 2. The number of imide groups is 3. The molecule has 29 nitrogen and oxygen atoms in total. The summed E-state index contributed by atoms with van der Waals surface area (Å²) in [4.78, 5) is 113. The van der Waals surface area contributed by atoms with E-state index >= 15 is 0 Å². The predicted octanol–water partition coefficient (Wildman–Crippen LogP) is 13.1. The van der Waals surface area contributed by atoms with E-state index < -0.39 is 0 Å². The molecule has 6 amide bonds. The number of rotatable bonds is 25. The van der Waals surface area contributed by atoms with E-state index in [0.29, 0.717) is 90.1 Å². The van der Waals surface area contributed by atoms with Crippen LogP contribution in [0.15, 0.2) is 204 Å². The molecule has 4 aromatic heterocycles. The first-order chi connectivity index (χ1) is 65.4. The largest absolute Gasteiger partial charge is 0.496 e. The summed E-state index contributed by atoms with van der Waals surface area (Å²) in [6, 6.07) is 57.4. The van der Waals surface area contributed by atoms with Gasteiger partial charge in [-0.15, -0.1) is 0 Å². The molecule has 10 N–H and O–H groups in total. The monoisotopic (exact) mass is 1960 g/mol. The van der Waals surface area contributed by atoms with Gasteiger partial charge in [0.15, 0.2) is 6.29 Å². The maximum absolute atomic E-state index is 12.6. The van der Waals surface area contributed by atoms with Crippen molar-refractivity contribution >= 4 is 121 Å². The standard InChI is InChI=1S/C40H44N6O5.C24H29N3O2.C23H28N4O2.C16H15N3O4.CH5BSi.CH3.Pd/c1-45-24-33(32-23-41-44-38(32)40(45)49)28-21-35(50-2)31(36(22-28)51-3)13-8-25-4-6-26(7-5-25)20-27-16-18-46(19-17-27)30-11-9-29(10-12-30)42-34-14-15-37(47)43-39(34)48;1-17-2-4-18(5-3-17)16-19-12-14-27(15-13-19)21-8-6-20(7-9-21)25-22-10-11-23(28)26-24(22)29;24-18-3-1-16(2-4-18)15-17-11-13-27(14-12-17)20-7-5-19(6-8-20)25-21-9-10-22(28)26-23(21)29;1-19-7-11(10-6-17-18-15(10)16(19)21)9-4-13(22-2)12(8-20)14(5-9)23-3;2-1-3;;/h4-7,9-12,21-24,27,34,42H,8,13-20H2,1-3H3,(H,41,44)(H,43,47,48);2-9,19,22,25H,10-16H2,1H3,(H,26,28,29);1-8,17,21,25H,9-15,24H2,(H,26,28,29);4-8H,1-3H3,(H,17,18);1H2,3H3;1H3;/q;;;;;-1;. The number of H-pyrrole nitrogens is 2. The predicted molar refractivity (Wildman–Crippen MR) is 543 cm³/mol. The maximum atomic E-state index is 12.6. The van der Waals surface area contributed by atoms with Gasteiger partial charge in [-0.25, -0.2) is 0 Å². The number of amides is 6. The second-order valence-corrected chi connectivity index (χ2v) is 36.3. The molecule has 137 heavy (non-hydrogen) atoms. The molecule has 720 valence electrons. The molecular formula is C105H124BN16O13PdSi-. The number of nitrogens with two attached hydrogens (primary N) is 1. The van der Waals surface area contributed by atoms with Crippen LogP contribution in [0.2, 0.25) is 5.94 Å². The third kappa shape index (κ3) is 26.6. The van der Waals surface area contributed by atoms with Gasteiger partial charge in [0.05, 0.1) is 54.2 Å². The van der Waals surface area contributed by atoms with Crippen LogP contribution < -0.4 is 82.4 Å². The molecule has 6 saturated heterocycles. The summed E-state index contributed by atoms with van der Waals surface area (Å²) in [5.41, 5.74) is 24.9. The molecule has 10 heterocycles. The van der Waals surface area contributed by atoms with Gasteiger partial charge in [0.25, 0.3) is 11.1 Å². The van der Waals surface area contributed by atoms with E-state index in [9.17, 15) is 43.2 Å². The fraction of sp³-hybridized carbons (Fsp3) is 0.352. The molecule has 0 bridgehead atoms. The number of benzene rings is 8. The molecule has 0 spiro atoms. The third-order valence-corrected chi connectivity index (χ3v) is 26.1. The van der Waals surface area contributed by atoms with Crippen LogP contribution in [0.25, 0.3) is 44.1 Å². The summed E-state index contributed by atoms with van der Waals surface area (Å²) in [5, 5.41) is 31.9. The normalized spacial score (nSPS) is 16.8. The zero-order valence-corrected chi connectivity index (χ0v) is 83.0. The number of carbonyl (C=O) groups is 7. The number of anilines is 7. The summed E-state index contributed by atoms with van der Waals surface area (Å²) in [7, 11) is 15.8. The summed E-state index contributed by atoms with van der Waals surface area (Å²) in [5.74, 6) is 3.98. The summed E-state index contributed by atoms with van der Waals surface area (Å²) in [6.07, 6.45) is 22.2. The average Bonchev–Trinajstić information content (AvgIpc) is 1.71. The zero-order chi connectivity index (χ0) is 95.2. The van der Waals surface area contributed by atoms with Crippen molar-refractivity contribution in [3.8, 4) is 45.3 Å². The van der Waals surface area contributed by atoms with Crippen LogP contribution in [0.4, 0.5) is 39.8 Å². The molecule has 6 fully saturated rings. The summed E-state index contributed by atoms with van der Waals surface area (Å²) >= 11 is 0. The van der Waals surface area contributed by atoms with Gasteiger partial charge in [-0.05, 0) is 267 Å². The van der Waals surface area contributed by atoms with Crippen molar-refractivity contribution in [2.45, 2.75) is 140 Å². The second-order valence-electron chi connectivity index (χ2n) is 35.4. The van der Waals surface area contributed by atoms with E-state index in [1.54, 1.807) is 63.6 Å². The van der Waals surface area contributed by atoms with Crippen LogP contribution in [-0.4, -0.2) is 175 Å². The molecule has 0 aliphatic carbocycles. The molecule has 3 atom stereocenters. The number of aryl methyl sites for hydroxylation is 4. The van der Waals surface area contributed by atoms with Crippen LogP contribution >= 0.6 is 0 Å². The molecule has 32 heteroatoms. The Morgan fingerprint density at radius 3 is 1.07 bits per heavy atom. The van der Waals surface area contributed by atoms with Crippen molar-refractivity contribution in [3.63, 3.8) is 0 Å². The van der Waals surface area contributed by atoms with Crippen LogP contribution in [0, 0.1) is 32.1 Å². The molecule has 2 radical (unpaired) electrons. The van der Waals surface area contributed by atoms with Crippen LogP contribution in [0.5, 0.6) is 23.0 Å². The third-order valence-electron chi connectivity index (χ3n) is 26.1. The fourth-order valence-electron chi connectivity index (χ4n) is 18.4. The van der Waals surface area contributed by atoms with Gasteiger partial charge in [-0.3, -0.25) is 69.3 Å². The number of nitrogens with zero attached hydrogens (tertiary/aromatic N) is 7. The van der Waals surface area contributed by atoms with E-state index in [1.165, 1.54) is 95.8 Å². The number of aldehydes is 1. The first kappa shape index (κ1) is 102. The summed E-state index contributed by atoms with van der Waals surface area (Å²) in [6.45, 7) is 8.43. The van der Waals surface area contributed by atoms with Gasteiger partial charge in [0.2, 0.25) is 35.4 Å². The Hall–Kier alpha value is -13.6. The topological polar surface area (TPSA) is 366 Å². The molecule has 18 rings (SSSR count). The summed E-state index contributed by atoms with van der Waals surface area (Å²) < 4.78 is 25.3. The quantitative estimate of drug-likeness (QED) is 0.00843. The Morgan fingerprint density at radius 1 is 0.445 bits per heavy atom. The Morgan fingerprint density at radius 2 is 0.752 bits per heavy atom. The number of carbonyl (C=O) groups excluding carboxylic acids is 7. The number of aromatic nitrogens is 6. The molecule has 6 aliphatic heterocycles. The molecule has 3 unspecified atom stereocenters. The Labute approximate surface area is 817 Å².